The molecule has 0 aromatic carbocycles. The van der Waals surface area contributed by atoms with Gasteiger partial charge >= 0.3 is 11.9 Å². The van der Waals surface area contributed by atoms with E-state index < -0.39 is 0 Å². The molecule has 2 N–H and O–H groups in total. The summed E-state index contributed by atoms with van der Waals surface area (Å²) in [6.07, 6.45) is 34.2. The Hall–Kier alpha value is -2.15. The topological polar surface area (TPSA) is 93.7 Å². The maximum Gasteiger partial charge on any atom is 0.306 e. The minimum absolute atomic E-state index is 0.0118. The van der Waals surface area contributed by atoms with Gasteiger partial charge in [-0.3, -0.25) is 14.4 Å². The second kappa shape index (κ2) is 34.3. The average Bonchev–Trinajstić information content (AvgIpc) is 3.10. The summed E-state index contributed by atoms with van der Waals surface area (Å²) in [5, 5.41) is 6.64. The Balaban J connectivity index is 4.52. The largest absolute Gasteiger partial charge is 0.461 e. The predicted octanol–water partition coefficient (Wildman–Crippen LogP) is 12.0. The van der Waals surface area contributed by atoms with Crippen LogP contribution < -0.4 is 10.6 Å². The maximum absolute atomic E-state index is 13.5. The first-order chi connectivity index (χ1) is 25.5. The Morgan fingerprint density at radius 3 is 1.42 bits per heavy atom. The Morgan fingerprint density at radius 1 is 0.547 bits per heavy atom. The number of amides is 1. The number of hydrogen-bond donors (Lipinski definition) is 2. The van der Waals surface area contributed by atoms with Gasteiger partial charge in [-0.25, -0.2) is 0 Å². The van der Waals surface area contributed by atoms with Crippen LogP contribution in [0.5, 0.6) is 0 Å². The van der Waals surface area contributed by atoms with Gasteiger partial charge < -0.3 is 20.1 Å². The van der Waals surface area contributed by atoms with Crippen LogP contribution in [0.15, 0.2) is 24.3 Å². The van der Waals surface area contributed by atoms with Gasteiger partial charge in [0, 0.05) is 25.3 Å². The number of hydrogen-bond acceptors (Lipinski definition) is 6. The van der Waals surface area contributed by atoms with Crippen molar-refractivity contribution in [2.45, 2.75) is 202 Å². The van der Waals surface area contributed by atoms with Gasteiger partial charge in [0.2, 0.25) is 5.91 Å². The summed E-state index contributed by atoms with van der Waals surface area (Å²) < 4.78 is 10.7. The van der Waals surface area contributed by atoms with Gasteiger partial charge in [-0.15, -0.1) is 0 Å². The van der Waals surface area contributed by atoms with Crippen molar-refractivity contribution in [1.29, 1.82) is 0 Å². The highest BCUT2D eigenvalue weighted by Gasteiger charge is 2.29. The summed E-state index contributed by atoms with van der Waals surface area (Å²) in [6.45, 7) is 15.9. The second-order valence-electron chi connectivity index (χ2n) is 17.1. The van der Waals surface area contributed by atoms with Gasteiger partial charge in [-0.2, -0.15) is 0 Å². The predicted molar refractivity (Wildman–Crippen MR) is 225 cm³/mol. The lowest BCUT2D eigenvalue weighted by Crippen LogP contribution is -2.41. The molecule has 0 aliphatic carbocycles. The molecule has 0 spiro atoms. The molecule has 0 saturated heterocycles. The highest BCUT2D eigenvalue weighted by Crippen LogP contribution is 2.33. The molecule has 0 fully saturated rings. The molecule has 53 heavy (non-hydrogen) atoms. The van der Waals surface area contributed by atoms with Crippen LogP contribution in [0.1, 0.15) is 202 Å². The standard InChI is InChI=1S/C46H86N2O5/c1-8-10-12-14-16-24-30-36-52-42(49)34-28-22-18-20-26-32-41(44(51)48-40-46(5,6)38-45(3,4)39-47-7)33-27-21-19-23-29-35-43(50)53-37-31-25-17-15-13-11-9-2/h24-25,30-31,41,47H,8-23,26-29,32-40H2,1-7H3,(H,48,51)/b30-24-,31-25-. The molecular formula is C46H86N2O5. The van der Waals surface area contributed by atoms with Crippen LogP contribution in [0.4, 0.5) is 0 Å². The highest BCUT2D eigenvalue weighted by atomic mass is 16.5. The first-order valence-electron chi connectivity index (χ1n) is 22.0. The number of esters is 2. The maximum atomic E-state index is 13.5. The van der Waals surface area contributed by atoms with Crippen molar-refractivity contribution >= 4 is 17.8 Å². The molecule has 1 amide bonds. The molecule has 0 atom stereocenters. The summed E-state index contributed by atoms with van der Waals surface area (Å²) >= 11 is 0. The zero-order chi connectivity index (χ0) is 39.5. The minimum atomic E-state index is -0.106. The number of nitrogens with one attached hydrogen (secondary N) is 2. The van der Waals surface area contributed by atoms with Crippen molar-refractivity contribution in [3.63, 3.8) is 0 Å². The van der Waals surface area contributed by atoms with Gasteiger partial charge in [0.1, 0.15) is 13.2 Å². The normalized spacial score (nSPS) is 12.3. The number of carbonyl (C=O) groups excluding carboxylic acids is 3. The lowest BCUT2D eigenvalue weighted by Gasteiger charge is -2.35. The van der Waals surface area contributed by atoms with Crippen LogP contribution in [0.3, 0.4) is 0 Å². The highest BCUT2D eigenvalue weighted by molar-refractivity contribution is 5.78. The summed E-state index contributed by atoms with van der Waals surface area (Å²) in [7, 11) is 2.00. The molecule has 0 unspecified atom stereocenters. The summed E-state index contributed by atoms with van der Waals surface area (Å²) in [4.78, 5) is 37.7. The fourth-order valence-electron chi connectivity index (χ4n) is 7.33. The number of carbonyl (C=O) groups is 3. The van der Waals surface area contributed by atoms with E-state index in [2.05, 4.69) is 64.3 Å². The molecule has 0 aliphatic rings. The number of ether oxygens (including phenoxy) is 2. The fourth-order valence-corrected chi connectivity index (χ4v) is 7.33. The van der Waals surface area contributed by atoms with Crippen molar-refractivity contribution in [3.8, 4) is 0 Å². The van der Waals surface area contributed by atoms with E-state index in [1.165, 1.54) is 51.4 Å². The molecule has 310 valence electrons. The number of rotatable bonds is 37. The average molecular weight is 747 g/mol. The van der Waals surface area contributed by atoms with Crippen LogP contribution in [0, 0.1) is 16.7 Å². The Bertz CT molecular complexity index is 906. The first-order valence-corrected chi connectivity index (χ1v) is 22.0. The van der Waals surface area contributed by atoms with Crippen LogP contribution in [-0.4, -0.2) is 51.2 Å². The summed E-state index contributed by atoms with van der Waals surface area (Å²) in [5.74, 6) is 0.0112. The fraction of sp³-hybridized carbons (Fsp3) is 0.848. The lowest BCUT2D eigenvalue weighted by molar-refractivity contribution is -0.143. The van der Waals surface area contributed by atoms with Crippen molar-refractivity contribution in [3.05, 3.63) is 24.3 Å². The van der Waals surface area contributed by atoms with Gasteiger partial charge in [-0.1, -0.05) is 156 Å². The van der Waals surface area contributed by atoms with Crippen molar-refractivity contribution < 1.29 is 23.9 Å². The molecule has 0 aromatic rings. The van der Waals surface area contributed by atoms with E-state index in [1.807, 2.05) is 19.2 Å². The van der Waals surface area contributed by atoms with Crippen molar-refractivity contribution in [1.82, 2.24) is 10.6 Å². The minimum Gasteiger partial charge on any atom is -0.461 e. The van der Waals surface area contributed by atoms with Gasteiger partial charge in [0.15, 0.2) is 0 Å². The van der Waals surface area contributed by atoms with E-state index in [4.69, 9.17) is 9.47 Å². The van der Waals surface area contributed by atoms with Crippen LogP contribution in [0.25, 0.3) is 0 Å². The molecule has 0 bridgehead atoms. The third-order valence-electron chi connectivity index (χ3n) is 10.1. The second-order valence-corrected chi connectivity index (χ2v) is 17.1. The number of allylic oxidation sites excluding steroid dienone is 2. The quantitative estimate of drug-likeness (QED) is 0.0373. The third kappa shape index (κ3) is 34.1. The van der Waals surface area contributed by atoms with Crippen LogP contribution in [-0.2, 0) is 23.9 Å². The first kappa shape index (κ1) is 50.9. The van der Waals surface area contributed by atoms with Crippen molar-refractivity contribution in [2.75, 3.05) is 33.4 Å². The molecule has 7 heteroatoms. The van der Waals surface area contributed by atoms with Gasteiger partial charge in [-0.05, 0) is 82.2 Å². The molecule has 0 rings (SSSR count). The van der Waals surface area contributed by atoms with Gasteiger partial charge in [0.25, 0.3) is 0 Å². The SMILES string of the molecule is CCCCCC/C=C\COC(=O)CCCCCCCC(CCCCCCCC(=O)OC/C=C\CCCCCC)C(=O)NCC(C)(C)CC(C)(C)CNC. The smallest absolute Gasteiger partial charge is 0.306 e. The van der Waals surface area contributed by atoms with E-state index in [1.54, 1.807) is 0 Å². The summed E-state index contributed by atoms with van der Waals surface area (Å²) in [6, 6.07) is 0. The third-order valence-corrected chi connectivity index (χ3v) is 10.1. The zero-order valence-corrected chi connectivity index (χ0v) is 35.9. The van der Waals surface area contributed by atoms with Gasteiger partial charge in [0.05, 0.1) is 0 Å². The number of unbranched alkanes of at least 4 members (excludes halogenated alkanes) is 16. The van der Waals surface area contributed by atoms with Crippen LogP contribution in [0.2, 0.25) is 0 Å². The molecule has 0 aliphatic heterocycles. The molecular weight excluding hydrogens is 661 g/mol. The zero-order valence-electron chi connectivity index (χ0n) is 35.9. The monoisotopic (exact) mass is 747 g/mol. The molecule has 0 saturated carbocycles. The van der Waals surface area contributed by atoms with E-state index in [0.717, 1.165) is 103 Å². The molecule has 0 aromatic heterocycles. The Labute approximate surface area is 328 Å². The summed E-state index contributed by atoms with van der Waals surface area (Å²) in [5.41, 5.74) is 0.170. The molecule has 0 heterocycles. The Kier molecular flexibility index (Phi) is 33.0. The lowest BCUT2D eigenvalue weighted by atomic mass is 9.75. The Morgan fingerprint density at radius 2 is 0.962 bits per heavy atom. The van der Waals surface area contributed by atoms with E-state index in [0.29, 0.717) is 32.6 Å². The molecule has 0 radical (unpaired) electrons. The van der Waals surface area contributed by atoms with E-state index >= 15 is 0 Å². The van der Waals surface area contributed by atoms with Crippen molar-refractivity contribution in [2.24, 2.45) is 16.7 Å². The molecule has 7 nitrogen and oxygen atoms in total. The van der Waals surface area contributed by atoms with E-state index in [-0.39, 0.29) is 34.6 Å². The van der Waals surface area contributed by atoms with Crippen LogP contribution >= 0.6 is 0 Å². The van der Waals surface area contributed by atoms with E-state index in [9.17, 15) is 14.4 Å².